The smallest absolute Gasteiger partial charge is 0.163 e. The Morgan fingerprint density at radius 1 is 1.35 bits per heavy atom. The van der Waals surface area contributed by atoms with Gasteiger partial charge in [0.2, 0.25) is 0 Å². The summed E-state index contributed by atoms with van der Waals surface area (Å²) in [4.78, 5) is 13.8. The minimum Gasteiger partial charge on any atom is -0.359 e. The topological polar surface area (TPSA) is 50.1 Å². The van der Waals surface area contributed by atoms with Gasteiger partial charge in [-0.2, -0.15) is 5.10 Å². The van der Waals surface area contributed by atoms with E-state index in [4.69, 9.17) is 0 Å². The highest BCUT2D eigenvalue weighted by Gasteiger charge is 2.25. The highest BCUT2D eigenvalue weighted by molar-refractivity contribution is 5.89. The monoisotopic (exact) mass is 316 g/mol. The van der Waals surface area contributed by atoms with E-state index in [2.05, 4.69) is 45.8 Å². The molecule has 1 fully saturated rings. The zero-order valence-corrected chi connectivity index (χ0v) is 15.0. The van der Waals surface area contributed by atoms with Crippen LogP contribution in [0.25, 0.3) is 11.0 Å². The lowest BCUT2D eigenvalue weighted by Crippen LogP contribution is -2.30. The Labute approximate surface area is 138 Å². The molecule has 0 saturated carbocycles. The van der Waals surface area contributed by atoms with Crippen LogP contribution in [0.3, 0.4) is 0 Å². The van der Waals surface area contributed by atoms with Gasteiger partial charge in [-0.1, -0.05) is 13.8 Å². The number of rotatable bonds is 5. The lowest BCUT2D eigenvalue weighted by molar-refractivity contribution is 0.288. The van der Waals surface area contributed by atoms with E-state index in [1.807, 2.05) is 18.7 Å². The summed E-state index contributed by atoms with van der Waals surface area (Å²) >= 11 is 0. The predicted octanol–water partition coefficient (Wildman–Crippen LogP) is 2.09. The van der Waals surface area contributed by atoms with Gasteiger partial charge >= 0.3 is 0 Å². The molecule has 1 aliphatic heterocycles. The fourth-order valence-electron chi connectivity index (χ4n) is 3.77. The molecular formula is C17H28N6. The van der Waals surface area contributed by atoms with E-state index in [9.17, 15) is 0 Å². The third-order valence-electron chi connectivity index (χ3n) is 4.66. The van der Waals surface area contributed by atoms with E-state index in [1.165, 1.54) is 26.1 Å². The Hall–Kier alpha value is -1.69. The summed E-state index contributed by atoms with van der Waals surface area (Å²) in [6.45, 7) is 11.3. The molecule has 6 heteroatoms. The van der Waals surface area contributed by atoms with Gasteiger partial charge in [0.05, 0.1) is 11.1 Å². The normalized spacial score (nSPS) is 19.1. The van der Waals surface area contributed by atoms with E-state index < -0.39 is 0 Å². The van der Waals surface area contributed by atoms with Crippen LogP contribution in [0.2, 0.25) is 0 Å². The summed E-state index contributed by atoms with van der Waals surface area (Å²) in [5, 5.41) is 5.57. The molecule has 1 saturated heterocycles. The van der Waals surface area contributed by atoms with Crippen molar-refractivity contribution in [3.63, 3.8) is 0 Å². The largest absolute Gasteiger partial charge is 0.359 e. The van der Waals surface area contributed by atoms with Gasteiger partial charge in [0.1, 0.15) is 12.1 Å². The van der Waals surface area contributed by atoms with Crippen molar-refractivity contribution in [3.8, 4) is 0 Å². The zero-order chi connectivity index (χ0) is 16.6. The first-order chi connectivity index (χ1) is 11.0. The summed E-state index contributed by atoms with van der Waals surface area (Å²) in [6.07, 6.45) is 2.92. The van der Waals surface area contributed by atoms with Gasteiger partial charge in [-0.25, -0.2) is 9.97 Å². The standard InChI is InChI=1S/C17H28N6/c1-12(2)8-23-7-6-14(10-23)9-21(4)16-15-13(3)20-22(5)17(15)19-11-18-16/h11-12,14H,6-10H2,1-5H3/t14-/m0/s1. The molecule has 0 N–H and O–H groups in total. The van der Waals surface area contributed by atoms with Crippen molar-refractivity contribution in [3.05, 3.63) is 12.0 Å². The average molecular weight is 316 g/mol. The molecule has 1 atom stereocenters. The summed E-state index contributed by atoms with van der Waals surface area (Å²) < 4.78 is 1.84. The van der Waals surface area contributed by atoms with Crippen LogP contribution in [0.5, 0.6) is 0 Å². The Morgan fingerprint density at radius 2 is 2.13 bits per heavy atom. The minimum atomic E-state index is 0.709. The zero-order valence-electron chi connectivity index (χ0n) is 15.0. The van der Waals surface area contributed by atoms with Crippen molar-refractivity contribution in [1.29, 1.82) is 0 Å². The van der Waals surface area contributed by atoms with Crippen LogP contribution < -0.4 is 4.90 Å². The quantitative estimate of drug-likeness (QED) is 0.845. The first kappa shape index (κ1) is 16.2. The Balaban J connectivity index is 1.73. The van der Waals surface area contributed by atoms with Crippen LogP contribution in [-0.2, 0) is 7.05 Å². The Morgan fingerprint density at radius 3 is 2.87 bits per heavy atom. The van der Waals surface area contributed by atoms with E-state index in [0.29, 0.717) is 5.92 Å². The maximum atomic E-state index is 4.54. The van der Waals surface area contributed by atoms with Crippen LogP contribution in [-0.4, -0.2) is 57.9 Å². The molecule has 0 aromatic carbocycles. The second-order valence-corrected chi connectivity index (χ2v) is 7.29. The first-order valence-electron chi connectivity index (χ1n) is 8.53. The number of hydrogen-bond acceptors (Lipinski definition) is 5. The molecule has 3 heterocycles. The van der Waals surface area contributed by atoms with Gasteiger partial charge in [0.15, 0.2) is 5.65 Å². The van der Waals surface area contributed by atoms with Crippen LogP contribution in [0.15, 0.2) is 6.33 Å². The molecule has 2 aromatic rings. The molecule has 3 rings (SSSR count). The molecule has 6 nitrogen and oxygen atoms in total. The fraction of sp³-hybridized carbons (Fsp3) is 0.706. The fourth-order valence-corrected chi connectivity index (χ4v) is 3.77. The summed E-state index contributed by atoms with van der Waals surface area (Å²) in [5.41, 5.74) is 1.91. The summed E-state index contributed by atoms with van der Waals surface area (Å²) in [7, 11) is 4.08. The van der Waals surface area contributed by atoms with E-state index in [1.54, 1.807) is 6.33 Å². The summed E-state index contributed by atoms with van der Waals surface area (Å²) in [6, 6.07) is 0. The number of fused-ring (bicyclic) bond motifs is 1. The minimum absolute atomic E-state index is 0.709. The number of aromatic nitrogens is 4. The van der Waals surface area contributed by atoms with Gasteiger partial charge in [-0.15, -0.1) is 0 Å². The SMILES string of the molecule is Cc1nn(C)c2ncnc(N(C)C[C@@H]3CCN(CC(C)C)C3)c12. The van der Waals surface area contributed by atoms with Crippen LogP contribution in [0.4, 0.5) is 5.82 Å². The maximum Gasteiger partial charge on any atom is 0.163 e. The van der Waals surface area contributed by atoms with Crippen LogP contribution in [0, 0.1) is 18.8 Å². The van der Waals surface area contributed by atoms with Gasteiger partial charge in [-0.05, 0) is 31.7 Å². The van der Waals surface area contributed by atoms with E-state index >= 15 is 0 Å². The van der Waals surface area contributed by atoms with Crippen molar-refractivity contribution in [2.75, 3.05) is 38.1 Å². The van der Waals surface area contributed by atoms with Crippen molar-refractivity contribution >= 4 is 16.9 Å². The molecule has 1 aliphatic rings. The number of anilines is 1. The van der Waals surface area contributed by atoms with E-state index in [-0.39, 0.29) is 0 Å². The van der Waals surface area contributed by atoms with Crippen LogP contribution >= 0.6 is 0 Å². The van der Waals surface area contributed by atoms with Crippen molar-refractivity contribution < 1.29 is 0 Å². The number of aryl methyl sites for hydroxylation is 2. The molecule has 0 radical (unpaired) electrons. The van der Waals surface area contributed by atoms with Gasteiger partial charge in [0.25, 0.3) is 0 Å². The molecule has 126 valence electrons. The Bertz CT molecular complexity index is 677. The van der Waals surface area contributed by atoms with Gasteiger partial charge < -0.3 is 9.80 Å². The Kier molecular flexibility index (Phi) is 4.53. The lowest BCUT2D eigenvalue weighted by atomic mass is 10.1. The molecular weight excluding hydrogens is 288 g/mol. The number of nitrogens with zero attached hydrogens (tertiary/aromatic N) is 6. The molecule has 0 unspecified atom stereocenters. The highest BCUT2D eigenvalue weighted by atomic mass is 15.3. The predicted molar refractivity (Wildman–Crippen MR) is 93.7 cm³/mol. The third kappa shape index (κ3) is 3.32. The number of hydrogen-bond donors (Lipinski definition) is 0. The molecule has 2 aromatic heterocycles. The van der Waals surface area contributed by atoms with Crippen molar-refractivity contribution in [2.24, 2.45) is 18.9 Å². The van der Waals surface area contributed by atoms with Gasteiger partial charge in [0, 0.05) is 33.7 Å². The second kappa shape index (κ2) is 6.43. The lowest BCUT2D eigenvalue weighted by Gasteiger charge is -2.23. The van der Waals surface area contributed by atoms with Crippen molar-refractivity contribution in [1.82, 2.24) is 24.6 Å². The van der Waals surface area contributed by atoms with E-state index in [0.717, 1.165) is 35.0 Å². The van der Waals surface area contributed by atoms with Gasteiger partial charge in [-0.3, -0.25) is 4.68 Å². The third-order valence-corrected chi connectivity index (χ3v) is 4.66. The average Bonchev–Trinajstić information content (AvgIpc) is 3.03. The molecule has 0 aliphatic carbocycles. The first-order valence-corrected chi connectivity index (χ1v) is 8.53. The molecule has 0 amide bonds. The second-order valence-electron chi connectivity index (χ2n) is 7.29. The molecule has 23 heavy (non-hydrogen) atoms. The molecule has 0 bridgehead atoms. The van der Waals surface area contributed by atoms with Crippen molar-refractivity contribution in [2.45, 2.75) is 27.2 Å². The van der Waals surface area contributed by atoms with Crippen LogP contribution in [0.1, 0.15) is 26.0 Å². The number of likely N-dealkylation sites (tertiary alicyclic amines) is 1. The maximum absolute atomic E-state index is 4.54. The highest BCUT2D eigenvalue weighted by Crippen LogP contribution is 2.27. The molecule has 0 spiro atoms. The summed E-state index contributed by atoms with van der Waals surface area (Å²) in [5.74, 6) is 2.45.